The van der Waals surface area contributed by atoms with Crippen LogP contribution in [0.25, 0.3) is 27.8 Å². The fourth-order valence-electron chi connectivity index (χ4n) is 3.15. The summed E-state index contributed by atoms with van der Waals surface area (Å²) >= 11 is 0. The third-order valence-electron chi connectivity index (χ3n) is 4.60. The van der Waals surface area contributed by atoms with Crippen LogP contribution in [0.3, 0.4) is 0 Å². The van der Waals surface area contributed by atoms with Gasteiger partial charge in [-0.05, 0) is 31.2 Å². The zero-order valence-corrected chi connectivity index (χ0v) is 15.3. The maximum atomic E-state index is 13.2. The van der Waals surface area contributed by atoms with Gasteiger partial charge in [-0.3, -0.25) is 14.2 Å². The van der Waals surface area contributed by atoms with E-state index in [1.165, 1.54) is 11.7 Å². The Hall–Kier alpha value is -3.41. The highest BCUT2D eigenvalue weighted by Crippen LogP contribution is 2.22. The van der Waals surface area contributed by atoms with E-state index in [0.717, 1.165) is 5.56 Å². The maximum Gasteiger partial charge on any atom is 0.273 e. The Bertz CT molecular complexity index is 1280. The van der Waals surface area contributed by atoms with Crippen LogP contribution in [-0.4, -0.2) is 16.7 Å². The molecule has 136 valence electrons. The van der Waals surface area contributed by atoms with E-state index in [1.807, 2.05) is 38.1 Å². The lowest BCUT2D eigenvalue weighted by Gasteiger charge is -2.12. The molecule has 0 atom stereocenters. The molecule has 0 radical (unpaired) electrons. The van der Waals surface area contributed by atoms with Gasteiger partial charge in [0.25, 0.3) is 5.56 Å². The third-order valence-corrected chi connectivity index (χ3v) is 4.60. The Morgan fingerprint density at radius 3 is 2.52 bits per heavy atom. The van der Waals surface area contributed by atoms with Crippen molar-refractivity contribution in [1.82, 2.24) is 9.55 Å². The molecule has 2 heterocycles. The van der Waals surface area contributed by atoms with Gasteiger partial charge in [-0.2, -0.15) is 4.98 Å². The summed E-state index contributed by atoms with van der Waals surface area (Å²) < 4.78 is 12.5. The van der Waals surface area contributed by atoms with Crippen molar-refractivity contribution in [3.63, 3.8) is 0 Å². The first kappa shape index (κ1) is 17.0. The third kappa shape index (κ3) is 2.70. The average Bonchev–Trinajstić information content (AvgIpc) is 2.68. The van der Waals surface area contributed by atoms with E-state index in [9.17, 15) is 9.59 Å². The molecule has 2 aromatic carbocycles. The number of rotatable bonds is 3. The molecule has 27 heavy (non-hydrogen) atoms. The number of benzene rings is 2. The maximum absolute atomic E-state index is 13.2. The van der Waals surface area contributed by atoms with Crippen molar-refractivity contribution in [1.29, 1.82) is 0 Å². The van der Waals surface area contributed by atoms with Gasteiger partial charge >= 0.3 is 0 Å². The van der Waals surface area contributed by atoms with Crippen LogP contribution < -0.4 is 15.7 Å². The van der Waals surface area contributed by atoms with E-state index >= 15 is 0 Å². The second-order valence-electron chi connectivity index (χ2n) is 6.33. The van der Waals surface area contributed by atoms with E-state index < -0.39 is 11.0 Å². The second kappa shape index (κ2) is 6.39. The summed E-state index contributed by atoms with van der Waals surface area (Å²) in [4.78, 5) is 30.7. The Labute approximate surface area is 154 Å². The minimum atomic E-state index is -0.424. The summed E-state index contributed by atoms with van der Waals surface area (Å²) in [6, 6.07) is 12.4. The molecule has 4 aromatic rings. The van der Waals surface area contributed by atoms with Crippen molar-refractivity contribution in [3.05, 3.63) is 74.4 Å². The minimum Gasteiger partial charge on any atom is -0.497 e. The smallest absolute Gasteiger partial charge is 0.273 e. The summed E-state index contributed by atoms with van der Waals surface area (Å²) in [5, 5.41) is 0.271. The Kier molecular flexibility index (Phi) is 4.03. The normalized spacial score (nSPS) is 11.2. The Morgan fingerprint density at radius 1 is 1.11 bits per heavy atom. The van der Waals surface area contributed by atoms with Gasteiger partial charge in [-0.15, -0.1) is 0 Å². The largest absolute Gasteiger partial charge is 0.497 e. The SMILES string of the molecule is CCc1nc2oc3cc(OC)ccc3c(=O)c2c(=O)n1-c1ccc(C)cc1. The first-order valence-corrected chi connectivity index (χ1v) is 8.67. The molecular weight excluding hydrogens is 344 g/mol. The zero-order valence-electron chi connectivity index (χ0n) is 15.3. The monoisotopic (exact) mass is 362 g/mol. The summed E-state index contributed by atoms with van der Waals surface area (Å²) in [5.41, 5.74) is 1.33. The van der Waals surface area contributed by atoms with Crippen molar-refractivity contribution in [3.8, 4) is 11.4 Å². The van der Waals surface area contributed by atoms with Gasteiger partial charge in [0.05, 0.1) is 18.2 Å². The van der Waals surface area contributed by atoms with Gasteiger partial charge in [-0.1, -0.05) is 24.6 Å². The quantitative estimate of drug-likeness (QED) is 0.522. The average molecular weight is 362 g/mol. The van der Waals surface area contributed by atoms with Crippen LogP contribution in [0.4, 0.5) is 0 Å². The molecule has 0 aliphatic rings. The number of aryl methyl sites for hydroxylation is 2. The van der Waals surface area contributed by atoms with Gasteiger partial charge < -0.3 is 9.15 Å². The van der Waals surface area contributed by atoms with Crippen molar-refractivity contribution in [2.75, 3.05) is 7.11 Å². The molecule has 0 saturated carbocycles. The molecule has 0 spiro atoms. The lowest BCUT2D eigenvalue weighted by atomic mass is 10.1. The number of hydrogen-bond donors (Lipinski definition) is 0. The molecule has 0 fully saturated rings. The predicted molar refractivity (Wildman–Crippen MR) is 104 cm³/mol. The molecule has 2 aromatic heterocycles. The Balaban J connectivity index is 2.12. The molecule has 0 bridgehead atoms. The van der Waals surface area contributed by atoms with Crippen molar-refractivity contribution >= 4 is 22.1 Å². The highest BCUT2D eigenvalue weighted by atomic mass is 16.5. The van der Waals surface area contributed by atoms with Crippen molar-refractivity contribution < 1.29 is 9.15 Å². The number of fused-ring (bicyclic) bond motifs is 2. The number of aromatic nitrogens is 2. The van der Waals surface area contributed by atoms with Crippen molar-refractivity contribution in [2.45, 2.75) is 20.3 Å². The fourth-order valence-corrected chi connectivity index (χ4v) is 3.15. The summed E-state index contributed by atoms with van der Waals surface area (Å²) in [6.45, 7) is 3.88. The fraction of sp³-hybridized carbons (Fsp3) is 0.190. The predicted octanol–water partition coefficient (Wildman–Crippen LogP) is 3.37. The lowest BCUT2D eigenvalue weighted by molar-refractivity contribution is 0.414. The number of nitrogens with zero attached hydrogens (tertiary/aromatic N) is 2. The van der Waals surface area contributed by atoms with Gasteiger partial charge in [-0.25, -0.2) is 0 Å². The second-order valence-corrected chi connectivity index (χ2v) is 6.33. The molecule has 6 heteroatoms. The summed E-state index contributed by atoms with van der Waals surface area (Å²) in [7, 11) is 1.54. The standard InChI is InChI=1S/C21H18N2O4/c1-4-17-22-20-18(21(25)23(17)13-7-5-12(2)6-8-13)19(24)15-10-9-14(26-3)11-16(15)27-20/h5-11H,4H2,1-3H3. The highest BCUT2D eigenvalue weighted by molar-refractivity contribution is 5.88. The highest BCUT2D eigenvalue weighted by Gasteiger charge is 2.18. The van der Waals surface area contributed by atoms with Crippen LogP contribution in [0.5, 0.6) is 5.75 Å². The lowest BCUT2D eigenvalue weighted by Crippen LogP contribution is -2.27. The van der Waals surface area contributed by atoms with Gasteiger partial charge in [0, 0.05) is 12.5 Å². The number of hydrogen-bond acceptors (Lipinski definition) is 5. The van der Waals surface area contributed by atoms with Crippen LogP contribution in [0.15, 0.2) is 56.5 Å². The molecular formula is C21H18N2O4. The minimum absolute atomic E-state index is 0.0472. The van der Waals surface area contributed by atoms with Crippen molar-refractivity contribution in [2.24, 2.45) is 0 Å². The van der Waals surface area contributed by atoms with Gasteiger partial charge in [0.1, 0.15) is 17.2 Å². The summed E-state index contributed by atoms with van der Waals surface area (Å²) in [5.74, 6) is 1.09. The van der Waals surface area contributed by atoms with E-state index in [1.54, 1.807) is 18.2 Å². The number of methoxy groups -OCH3 is 1. The molecule has 0 saturated heterocycles. The molecule has 4 rings (SSSR count). The first-order valence-electron chi connectivity index (χ1n) is 8.67. The van der Waals surface area contributed by atoms with Crippen LogP contribution in [0.2, 0.25) is 0 Å². The van der Waals surface area contributed by atoms with E-state index in [-0.39, 0.29) is 11.1 Å². The first-order chi connectivity index (χ1) is 13.0. The molecule has 0 amide bonds. The van der Waals surface area contributed by atoms with E-state index in [0.29, 0.717) is 34.7 Å². The van der Waals surface area contributed by atoms with Gasteiger partial charge in [0.15, 0.2) is 5.39 Å². The molecule has 0 aliphatic heterocycles. The Morgan fingerprint density at radius 2 is 1.85 bits per heavy atom. The number of ether oxygens (including phenoxy) is 1. The molecule has 6 nitrogen and oxygen atoms in total. The van der Waals surface area contributed by atoms with Gasteiger partial charge in [0.2, 0.25) is 11.1 Å². The van der Waals surface area contributed by atoms with Crippen LogP contribution in [0.1, 0.15) is 18.3 Å². The van der Waals surface area contributed by atoms with Crippen LogP contribution >= 0.6 is 0 Å². The topological polar surface area (TPSA) is 74.3 Å². The zero-order chi connectivity index (χ0) is 19.1. The molecule has 0 N–H and O–H groups in total. The van der Waals surface area contributed by atoms with E-state index in [2.05, 4.69) is 4.98 Å². The summed E-state index contributed by atoms with van der Waals surface area (Å²) in [6.07, 6.45) is 0.513. The van der Waals surface area contributed by atoms with Crippen LogP contribution in [0, 0.1) is 6.92 Å². The molecule has 0 aliphatic carbocycles. The molecule has 0 unspecified atom stereocenters. The van der Waals surface area contributed by atoms with E-state index in [4.69, 9.17) is 9.15 Å². The van der Waals surface area contributed by atoms with Crippen LogP contribution in [-0.2, 0) is 6.42 Å².